The molecular weight excluding hydrogens is 320 g/mol. The highest BCUT2D eigenvalue weighted by Crippen LogP contribution is 2.16. The molecule has 0 spiro atoms. The predicted molar refractivity (Wildman–Crippen MR) is 107 cm³/mol. The third-order valence-corrected chi connectivity index (χ3v) is 4.07. The molecule has 0 aliphatic rings. The smallest absolute Gasteiger partial charge is 0.0556 e. The summed E-state index contributed by atoms with van der Waals surface area (Å²) in [4.78, 5) is 4.49. The fourth-order valence-electron chi connectivity index (χ4n) is 2.26. The molecule has 8 nitrogen and oxygen atoms in total. The second-order valence-corrected chi connectivity index (χ2v) is 6.65. The Morgan fingerprint density at radius 1 is 0.920 bits per heavy atom. The summed E-state index contributed by atoms with van der Waals surface area (Å²) in [5, 5.41) is 23.3. The molecule has 0 unspecified atom stereocenters. The lowest BCUT2D eigenvalue weighted by Crippen LogP contribution is -2.50. The average Bonchev–Trinajstić information content (AvgIpc) is 2.58. The molecule has 0 aliphatic carbocycles. The number of nitrogens with one attached hydrogen (secondary N) is 2. The van der Waals surface area contributed by atoms with Crippen molar-refractivity contribution in [3.63, 3.8) is 0 Å². The molecule has 0 rings (SSSR count). The van der Waals surface area contributed by atoms with E-state index in [1.807, 2.05) is 7.05 Å². The highest BCUT2D eigenvalue weighted by molar-refractivity contribution is 4.82. The maximum absolute atomic E-state index is 8.67. The normalized spacial score (nSPS) is 11.8. The van der Waals surface area contributed by atoms with E-state index >= 15 is 0 Å². The Morgan fingerprint density at radius 3 is 2.00 bits per heavy atom. The van der Waals surface area contributed by atoms with Crippen LogP contribution >= 0.6 is 0 Å². The predicted octanol–water partition coefficient (Wildman–Crippen LogP) is -1.57. The van der Waals surface area contributed by atoms with E-state index in [1.54, 1.807) is 0 Å². The van der Waals surface area contributed by atoms with Gasteiger partial charge < -0.3 is 32.3 Å². The fraction of sp³-hybridized carbons (Fsp3) is 1.00. The lowest BCUT2D eigenvalue weighted by atomic mass is 9.98. The molecule has 154 valence electrons. The number of aliphatic hydroxyl groups excluding tert-OH is 2. The van der Waals surface area contributed by atoms with Crippen LogP contribution < -0.4 is 22.1 Å². The zero-order chi connectivity index (χ0) is 19.6. The molecular formula is C17H44N6O2. The fourth-order valence-corrected chi connectivity index (χ4v) is 2.26. The van der Waals surface area contributed by atoms with Gasteiger partial charge in [0, 0.05) is 51.5 Å². The molecule has 25 heavy (non-hydrogen) atoms. The van der Waals surface area contributed by atoms with E-state index in [-0.39, 0.29) is 18.8 Å². The number of rotatable bonds is 15. The van der Waals surface area contributed by atoms with Crippen molar-refractivity contribution in [1.29, 1.82) is 0 Å². The molecule has 0 atom stereocenters. The van der Waals surface area contributed by atoms with Crippen molar-refractivity contribution >= 4 is 0 Å². The third-order valence-electron chi connectivity index (χ3n) is 4.07. The topological polar surface area (TPSA) is 123 Å². The van der Waals surface area contributed by atoms with Gasteiger partial charge in [-0.3, -0.25) is 9.80 Å². The van der Waals surface area contributed by atoms with Crippen LogP contribution in [-0.4, -0.2) is 105 Å². The van der Waals surface area contributed by atoms with E-state index < -0.39 is 0 Å². The van der Waals surface area contributed by atoms with Crippen LogP contribution in [-0.2, 0) is 0 Å². The van der Waals surface area contributed by atoms with Crippen LogP contribution in [0.5, 0.6) is 0 Å². The molecule has 0 aromatic rings. The summed E-state index contributed by atoms with van der Waals surface area (Å²) in [6, 6.07) is 0. The van der Waals surface area contributed by atoms with Gasteiger partial charge in [-0.15, -0.1) is 0 Å². The van der Waals surface area contributed by atoms with Gasteiger partial charge in [-0.1, -0.05) is 6.92 Å². The standard InChI is InChI=1S/C11H28N4O.C6H16N2O/c1-11(2,3-4-12)15(8-5-13)9-6-14-7-10-16;1-3-8(2)6-7-4-5-9/h14,16H,3-10,12-13H2,1-2H3;7,9H,3-6H2,1-2H3. The summed E-state index contributed by atoms with van der Waals surface area (Å²) in [6.45, 7) is 14.2. The van der Waals surface area contributed by atoms with Gasteiger partial charge >= 0.3 is 0 Å². The molecule has 0 aliphatic heterocycles. The first kappa shape index (κ1) is 26.9. The molecule has 0 radical (unpaired) electrons. The van der Waals surface area contributed by atoms with Crippen LogP contribution in [0.25, 0.3) is 0 Å². The van der Waals surface area contributed by atoms with Crippen molar-refractivity contribution in [2.24, 2.45) is 11.5 Å². The van der Waals surface area contributed by atoms with Crippen molar-refractivity contribution in [3.8, 4) is 0 Å². The summed E-state index contributed by atoms with van der Waals surface area (Å²) in [5.41, 5.74) is 11.3. The van der Waals surface area contributed by atoms with Gasteiger partial charge in [0.25, 0.3) is 0 Å². The highest BCUT2D eigenvalue weighted by Gasteiger charge is 2.24. The summed E-state index contributed by atoms with van der Waals surface area (Å²) in [5.74, 6) is 0. The molecule has 0 fully saturated rings. The SMILES string of the molecule is CC(C)(CCN)N(CCN)CCNCCO.CCN(C)CNCCO. The lowest BCUT2D eigenvalue weighted by molar-refractivity contribution is 0.117. The van der Waals surface area contributed by atoms with Crippen molar-refractivity contribution in [2.75, 3.05) is 79.3 Å². The Balaban J connectivity index is 0. The molecule has 0 heterocycles. The minimum Gasteiger partial charge on any atom is -0.395 e. The largest absolute Gasteiger partial charge is 0.395 e. The Hall–Kier alpha value is -0.320. The number of hydrogen-bond donors (Lipinski definition) is 6. The van der Waals surface area contributed by atoms with Gasteiger partial charge in [-0.05, 0) is 40.4 Å². The van der Waals surface area contributed by atoms with Crippen molar-refractivity contribution in [3.05, 3.63) is 0 Å². The first-order valence-corrected chi connectivity index (χ1v) is 9.36. The molecule has 8 heteroatoms. The van der Waals surface area contributed by atoms with Gasteiger partial charge in [0.2, 0.25) is 0 Å². The molecule has 0 saturated carbocycles. The van der Waals surface area contributed by atoms with Gasteiger partial charge in [-0.25, -0.2) is 0 Å². The van der Waals surface area contributed by atoms with Gasteiger partial charge in [0.1, 0.15) is 0 Å². The van der Waals surface area contributed by atoms with Crippen molar-refractivity contribution in [1.82, 2.24) is 20.4 Å². The van der Waals surface area contributed by atoms with Crippen LogP contribution in [0.4, 0.5) is 0 Å². The second kappa shape index (κ2) is 18.5. The maximum Gasteiger partial charge on any atom is 0.0556 e. The Morgan fingerprint density at radius 2 is 1.52 bits per heavy atom. The summed E-state index contributed by atoms with van der Waals surface area (Å²) in [6.07, 6.45) is 0.965. The minimum absolute atomic E-state index is 0.0923. The quantitative estimate of drug-likeness (QED) is 0.152. The van der Waals surface area contributed by atoms with Crippen LogP contribution in [0, 0.1) is 0 Å². The van der Waals surface area contributed by atoms with Crippen molar-refractivity contribution in [2.45, 2.75) is 32.7 Å². The van der Waals surface area contributed by atoms with Gasteiger partial charge in [0.15, 0.2) is 0 Å². The molecule has 0 amide bonds. The molecule has 0 bridgehead atoms. The van der Waals surface area contributed by atoms with E-state index in [0.717, 1.165) is 39.3 Å². The molecule has 0 saturated heterocycles. The van der Waals surface area contributed by atoms with E-state index in [1.165, 1.54) is 0 Å². The zero-order valence-corrected chi connectivity index (χ0v) is 16.9. The monoisotopic (exact) mass is 364 g/mol. The van der Waals surface area contributed by atoms with E-state index in [2.05, 4.69) is 41.2 Å². The van der Waals surface area contributed by atoms with Crippen molar-refractivity contribution < 1.29 is 10.2 Å². The van der Waals surface area contributed by atoms with E-state index in [0.29, 0.717) is 26.2 Å². The highest BCUT2D eigenvalue weighted by atomic mass is 16.3. The number of aliphatic hydroxyl groups is 2. The summed E-state index contributed by atoms with van der Waals surface area (Å²) < 4.78 is 0. The first-order chi connectivity index (χ1) is 11.9. The second-order valence-electron chi connectivity index (χ2n) is 6.65. The Labute approximate surface area is 154 Å². The average molecular weight is 365 g/mol. The van der Waals surface area contributed by atoms with E-state index in [9.17, 15) is 0 Å². The third kappa shape index (κ3) is 16.9. The Kier molecular flexibility index (Phi) is 19.9. The number of nitrogens with zero attached hydrogens (tertiary/aromatic N) is 2. The van der Waals surface area contributed by atoms with Crippen LogP contribution in [0.3, 0.4) is 0 Å². The first-order valence-electron chi connectivity index (χ1n) is 9.36. The number of nitrogens with two attached hydrogens (primary N) is 2. The minimum atomic E-state index is 0.0923. The molecule has 0 aromatic carbocycles. The van der Waals surface area contributed by atoms with Gasteiger partial charge in [0.05, 0.1) is 13.2 Å². The summed E-state index contributed by atoms with van der Waals surface area (Å²) >= 11 is 0. The maximum atomic E-state index is 8.67. The van der Waals surface area contributed by atoms with Gasteiger partial charge in [-0.2, -0.15) is 0 Å². The lowest BCUT2D eigenvalue weighted by Gasteiger charge is -2.38. The Bertz CT molecular complexity index is 270. The van der Waals surface area contributed by atoms with Crippen LogP contribution in [0.15, 0.2) is 0 Å². The number of hydrogen-bond acceptors (Lipinski definition) is 8. The molecule has 0 aromatic heterocycles. The zero-order valence-electron chi connectivity index (χ0n) is 16.9. The molecule has 8 N–H and O–H groups in total. The summed E-state index contributed by atoms with van der Waals surface area (Å²) in [7, 11) is 2.03. The van der Waals surface area contributed by atoms with Crippen LogP contribution in [0.2, 0.25) is 0 Å². The van der Waals surface area contributed by atoms with E-state index in [4.69, 9.17) is 21.7 Å². The van der Waals surface area contributed by atoms with Crippen LogP contribution in [0.1, 0.15) is 27.2 Å².